The van der Waals surface area contributed by atoms with Gasteiger partial charge in [-0.15, -0.1) is 11.3 Å². The van der Waals surface area contributed by atoms with Gasteiger partial charge in [0.1, 0.15) is 5.01 Å². The molecular formula is C15H19N3OS. The van der Waals surface area contributed by atoms with Crippen molar-refractivity contribution in [2.24, 2.45) is 0 Å². The highest BCUT2D eigenvalue weighted by Crippen LogP contribution is 2.25. The summed E-state index contributed by atoms with van der Waals surface area (Å²) in [6.07, 6.45) is 3.47. The highest BCUT2D eigenvalue weighted by atomic mass is 32.1. The van der Waals surface area contributed by atoms with E-state index in [0.717, 1.165) is 48.9 Å². The third kappa shape index (κ3) is 3.23. The van der Waals surface area contributed by atoms with Crippen LogP contribution in [-0.2, 0) is 6.54 Å². The first-order valence-electron chi connectivity index (χ1n) is 6.93. The average molecular weight is 289 g/mol. The van der Waals surface area contributed by atoms with Crippen molar-refractivity contribution in [3.8, 4) is 10.7 Å². The molecule has 4 nitrogen and oxygen atoms in total. The Morgan fingerprint density at radius 2 is 2.15 bits per heavy atom. The molecule has 3 rings (SSSR count). The minimum absolute atomic E-state index is 0.488. The van der Waals surface area contributed by atoms with E-state index in [1.165, 1.54) is 0 Å². The molecular weight excluding hydrogens is 270 g/mol. The Bertz CT molecular complexity index is 558. The molecule has 0 bridgehead atoms. The van der Waals surface area contributed by atoms with E-state index in [-0.39, 0.29) is 0 Å². The number of aliphatic hydroxyl groups is 1. The Balaban J connectivity index is 1.64. The molecule has 0 atom stereocenters. The van der Waals surface area contributed by atoms with Crippen LogP contribution in [0.5, 0.6) is 0 Å². The van der Waals surface area contributed by atoms with Gasteiger partial charge < -0.3 is 5.11 Å². The second-order valence-electron chi connectivity index (χ2n) is 5.63. The largest absolute Gasteiger partial charge is 0.390 e. The molecule has 1 fully saturated rings. The van der Waals surface area contributed by atoms with Gasteiger partial charge >= 0.3 is 0 Å². The summed E-state index contributed by atoms with van der Waals surface area (Å²) in [4.78, 5) is 11.3. The van der Waals surface area contributed by atoms with E-state index >= 15 is 0 Å². The van der Waals surface area contributed by atoms with Crippen molar-refractivity contribution in [3.63, 3.8) is 0 Å². The average Bonchev–Trinajstić information content (AvgIpc) is 2.91. The van der Waals surface area contributed by atoms with Crippen molar-refractivity contribution >= 4 is 11.3 Å². The summed E-state index contributed by atoms with van der Waals surface area (Å²) in [5.74, 6) is 0. The smallest absolute Gasteiger partial charge is 0.142 e. The lowest BCUT2D eigenvalue weighted by atomic mass is 9.94. The summed E-state index contributed by atoms with van der Waals surface area (Å²) >= 11 is 1.64. The highest BCUT2D eigenvalue weighted by molar-refractivity contribution is 7.13. The Kier molecular flexibility index (Phi) is 3.83. The van der Waals surface area contributed by atoms with Crippen LogP contribution in [0.4, 0.5) is 0 Å². The quantitative estimate of drug-likeness (QED) is 0.943. The number of piperidine rings is 1. The minimum Gasteiger partial charge on any atom is -0.390 e. The Hall–Kier alpha value is -1.30. The molecule has 0 aromatic carbocycles. The first-order valence-corrected chi connectivity index (χ1v) is 7.81. The maximum absolute atomic E-state index is 9.96. The van der Waals surface area contributed by atoms with Gasteiger partial charge in [0, 0.05) is 31.2 Å². The van der Waals surface area contributed by atoms with Crippen molar-refractivity contribution in [3.05, 3.63) is 35.5 Å². The second-order valence-corrected chi connectivity index (χ2v) is 6.49. The van der Waals surface area contributed by atoms with Gasteiger partial charge in [0.2, 0.25) is 0 Å². The number of likely N-dealkylation sites (tertiary alicyclic amines) is 1. The lowest BCUT2D eigenvalue weighted by Gasteiger charge is -2.35. The molecule has 0 amide bonds. The summed E-state index contributed by atoms with van der Waals surface area (Å²) in [6.45, 7) is 4.65. The minimum atomic E-state index is -0.488. The van der Waals surface area contributed by atoms with E-state index in [1.54, 1.807) is 17.5 Å². The molecule has 106 valence electrons. The first kappa shape index (κ1) is 13.7. The van der Waals surface area contributed by atoms with Gasteiger partial charge in [0.25, 0.3) is 0 Å². The van der Waals surface area contributed by atoms with E-state index in [9.17, 15) is 5.11 Å². The van der Waals surface area contributed by atoms with Crippen LogP contribution in [0.2, 0.25) is 0 Å². The Labute approximate surface area is 123 Å². The van der Waals surface area contributed by atoms with Crippen LogP contribution in [0.1, 0.15) is 25.5 Å². The highest BCUT2D eigenvalue weighted by Gasteiger charge is 2.27. The molecule has 2 aromatic heterocycles. The summed E-state index contributed by atoms with van der Waals surface area (Å²) in [7, 11) is 0. The summed E-state index contributed by atoms with van der Waals surface area (Å²) < 4.78 is 0. The standard InChI is InChI=1S/C15H19N3OS/c1-15(19)5-8-18(9-6-15)10-12-11-20-14(17-12)13-4-2-3-7-16-13/h2-4,7,11,19H,5-6,8-10H2,1H3. The lowest BCUT2D eigenvalue weighted by Crippen LogP contribution is -2.41. The zero-order valence-corrected chi connectivity index (χ0v) is 12.4. The van der Waals surface area contributed by atoms with Crippen LogP contribution in [0, 0.1) is 0 Å². The molecule has 0 unspecified atom stereocenters. The van der Waals surface area contributed by atoms with Crippen LogP contribution >= 0.6 is 11.3 Å². The number of hydrogen-bond donors (Lipinski definition) is 1. The molecule has 0 radical (unpaired) electrons. The molecule has 1 aliphatic heterocycles. The Morgan fingerprint density at radius 1 is 1.35 bits per heavy atom. The van der Waals surface area contributed by atoms with Crippen molar-refractivity contribution in [1.29, 1.82) is 0 Å². The molecule has 1 aliphatic rings. The van der Waals surface area contributed by atoms with Crippen molar-refractivity contribution in [1.82, 2.24) is 14.9 Å². The third-order valence-electron chi connectivity index (χ3n) is 3.75. The maximum atomic E-state index is 9.96. The van der Waals surface area contributed by atoms with Crippen LogP contribution in [0.3, 0.4) is 0 Å². The van der Waals surface area contributed by atoms with Crippen LogP contribution in [0.15, 0.2) is 29.8 Å². The molecule has 20 heavy (non-hydrogen) atoms. The number of thiazole rings is 1. The molecule has 0 aliphatic carbocycles. The zero-order chi connectivity index (χ0) is 14.0. The van der Waals surface area contributed by atoms with Gasteiger partial charge in [-0.1, -0.05) is 6.07 Å². The molecule has 0 spiro atoms. The van der Waals surface area contributed by atoms with Gasteiger partial charge in [0.05, 0.1) is 17.0 Å². The summed E-state index contributed by atoms with van der Waals surface area (Å²) in [6, 6.07) is 5.88. The van der Waals surface area contributed by atoms with E-state index in [0.29, 0.717) is 0 Å². The number of aromatic nitrogens is 2. The van der Waals surface area contributed by atoms with Gasteiger partial charge in [-0.2, -0.15) is 0 Å². The predicted molar refractivity (Wildman–Crippen MR) is 80.5 cm³/mol. The van der Waals surface area contributed by atoms with E-state index in [4.69, 9.17) is 0 Å². The Morgan fingerprint density at radius 3 is 2.85 bits per heavy atom. The van der Waals surface area contributed by atoms with Crippen LogP contribution in [-0.4, -0.2) is 38.7 Å². The lowest BCUT2D eigenvalue weighted by molar-refractivity contribution is -0.00753. The van der Waals surface area contributed by atoms with Gasteiger partial charge in [-0.05, 0) is 31.9 Å². The van der Waals surface area contributed by atoms with Crippen LogP contribution < -0.4 is 0 Å². The summed E-state index contributed by atoms with van der Waals surface area (Å²) in [5, 5.41) is 13.0. The molecule has 1 N–H and O–H groups in total. The summed E-state index contributed by atoms with van der Waals surface area (Å²) in [5.41, 5.74) is 1.54. The van der Waals surface area contributed by atoms with Gasteiger partial charge in [-0.3, -0.25) is 9.88 Å². The van der Waals surface area contributed by atoms with Crippen molar-refractivity contribution < 1.29 is 5.11 Å². The van der Waals surface area contributed by atoms with Crippen LogP contribution in [0.25, 0.3) is 10.7 Å². The van der Waals surface area contributed by atoms with Gasteiger partial charge in [-0.25, -0.2) is 4.98 Å². The monoisotopic (exact) mass is 289 g/mol. The second kappa shape index (κ2) is 5.60. The van der Waals surface area contributed by atoms with E-state index in [2.05, 4.69) is 20.2 Å². The fourth-order valence-electron chi connectivity index (χ4n) is 2.41. The maximum Gasteiger partial charge on any atom is 0.142 e. The number of nitrogens with zero attached hydrogens (tertiary/aromatic N) is 3. The van der Waals surface area contributed by atoms with Crippen molar-refractivity contribution in [2.45, 2.75) is 31.9 Å². The molecule has 5 heteroatoms. The predicted octanol–water partition coefficient (Wildman–Crippen LogP) is 2.55. The molecule has 1 saturated heterocycles. The molecule has 0 saturated carbocycles. The molecule has 3 heterocycles. The fourth-order valence-corrected chi connectivity index (χ4v) is 3.19. The number of rotatable bonds is 3. The van der Waals surface area contributed by atoms with E-state index in [1.807, 2.05) is 25.1 Å². The zero-order valence-electron chi connectivity index (χ0n) is 11.6. The molecule has 2 aromatic rings. The fraction of sp³-hybridized carbons (Fsp3) is 0.467. The van der Waals surface area contributed by atoms with Crippen molar-refractivity contribution in [2.75, 3.05) is 13.1 Å². The topological polar surface area (TPSA) is 49.2 Å². The van der Waals surface area contributed by atoms with E-state index < -0.39 is 5.60 Å². The number of hydrogen-bond acceptors (Lipinski definition) is 5. The third-order valence-corrected chi connectivity index (χ3v) is 4.67. The normalized spacial score (nSPS) is 19.1. The SMILES string of the molecule is CC1(O)CCN(Cc2csc(-c3ccccn3)n2)CC1. The number of pyridine rings is 1. The first-order chi connectivity index (χ1) is 9.62. The van der Waals surface area contributed by atoms with Gasteiger partial charge in [0.15, 0.2) is 0 Å².